The number of carbonyl (C=O) groups excluding carboxylic acids is 3. The highest BCUT2D eigenvalue weighted by atomic mass is 16.6. The highest BCUT2D eigenvalue weighted by Crippen LogP contribution is 2.34. The average Bonchev–Trinajstić information content (AvgIpc) is 2.90. The van der Waals surface area contributed by atoms with Gasteiger partial charge < -0.3 is 20.3 Å². The van der Waals surface area contributed by atoms with E-state index in [4.69, 9.17) is 11.2 Å². The van der Waals surface area contributed by atoms with E-state index in [-0.39, 0.29) is 12.3 Å². The minimum Gasteiger partial charge on any atom is -0.444 e. The molecule has 0 heterocycles. The van der Waals surface area contributed by atoms with E-state index in [2.05, 4.69) is 16.6 Å². The normalized spacial score (nSPS) is 12.9. The summed E-state index contributed by atoms with van der Waals surface area (Å²) in [6, 6.07) is 14.6. The van der Waals surface area contributed by atoms with Gasteiger partial charge in [-0.15, -0.1) is 6.42 Å². The Morgan fingerprint density at radius 1 is 0.975 bits per heavy atom. The predicted molar refractivity (Wildman–Crippen MR) is 160 cm³/mol. The van der Waals surface area contributed by atoms with Crippen LogP contribution < -0.4 is 10.6 Å². The lowest BCUT2D eigenvalue weighted by molar-refractivity contribution is -0.149. The molecule has 0 fully saturated rings. The summed E-state index contributed by atoms with van der Waals surface area (Å²) in [5.41, 5.74) is 0.433. The third-order valence-electron chi connectivity index (χ3n) is 6.77. The smallest absolute Gasteiger partial charge is 0.408 e. The summed E-state index contributed by atoms with van der Waals surface area (Å²) in [5, 5.41) is 5.81. The molecule has 0 saturated heterocycles. The van der Waals surface area contributed by atoms with Crippen LogP contribution in [0.2, 0.25) is 0 Å². The van der Waals surface area contributed by atoms with Gasteiger partial charge in [0, 0.05) is 24.1 Å². The Balaban J connectivity index is 2.68. The molecule has 0 bridgehead atoms. The van der Waals surface area contributed by atoms with Crippen molar-refractivity contribution in [2.45, 2.75) is 97.4 Å². The number of alkyl carbamates (subject to hydrolysis) is 1. The van der Waals surface area contributed by atoms with Crippen LogP contribution in [-0.4, -0.2) is 46.5 Å². The molecule has 0 aliphatic carbocycles. The van der Waals surface area contributed by atoms with Crippen molar-refractivity contribution in [2.24, 2.45) is 0 Å². The lowest BCUT2D eigenvalue weighted by atomic mass is 9.89. The highest BCUT2D eigenvalue weighted by Gasteiger charge is 2.43. The Bertz CT molecular complexity index is 1180. The quantitative estimate of drug-likeness (QED) is 0.261. The van der Waals surface area contributed by atoms with Gasteiger partial charge >= 0.3 is 6.09 Å². The molecule has 7 nitrogen and oxygen atoms in total. The Labute approximate surface area is 240 Å². The second kappa shape index (κ2) is 14.6. The van der Waals surface area contributed by atoms with Crippen molar-refractivity contribution >= 4 is 17.9 Å². The summed E-state index contributed by atoms with van der Waals surface area (Å²) in [5.74, 6) is 1.96. The zero-order chi connectivity index (χ0) is 29.9. The first-order chi connectivity index (χ1) is 18.8. The van der Waals surface area contributed by atoms with Gasteiger partial charge in [0.1, 0.15) is 17.7 Å². The molecular formula is C33H45N3O4. The van der Waals surface area contributed by atoms with Gasteiger partial charge in [-0.25, -0.2) is 4.79 Å². The number of ether oxygens (including phenoxy) is 1. The topological polar surface area (TPSA) is 87.7 Å². The summed E-state index contributed by atoms with van der Waals surface area (Å²) in [4.78, 5) is 43.1. The second-order valence-corrected chi connectivity index (χ2v) is 11.5. The molecule has 2 rings (SSSR count). The van der Waals surface area contributed by atoms with E-state index in [1.54, 1.807) is 37.8 Å². The van der Waals surface area contributed by atoms with Crippen molar-refractivity contribution < 1.29 is 19.1 Å². The van der Waals surface area contributed by atoms with Crippen LogP contribution in [0.4, 0.5) is 4.79 Å². The summed E-state index contributed by atoms with van der Waals surface area (Å²) >= 11 is 0. The van der Waals surface area contributed by atoms with Gasteiger partial charge in [-0.2, -0.15) is 0 Å². The molecule has 2 aromatic rings. The number of amides is 3. The van der Waals surface area contributed by atoms with Gasteiger partial charge in [0.15, 0.2) is 0 Å². The van der Waals surface area contributed by atoms with Gasteiger partial charge in [0.25, 0.3) is 0 Å². The fraction of sp³-hybridized carbons (Fsp3) is 0.485. The summed E-state index contributed by atoms with van der Waals surface area (Å²) in [6.07, 6.45) is 7.64. The number of rotatable bonds is 12. The van der Waals surface area contributed by atoms with Gasteiger partial charge in [-0.05, 0) is 64.7 Å². The molecule has 40 heavy (non-hydrogen) atoms. The fourth-order valence-electron chi connectivity index (χ4n) is 4.36. The van der Waals surface area contributed by atoms with Crippen molar-refractivity contribution in [1.29, 1.82) is 0 Å². The summed E-state index contributed by atoms with van der Waals surface area (Å²) < 4.78 is 5.52. The maximum absolute atomic E-state index is 14.6. The number of carbonyl (C=O) groups is 3. The molecule has 0 spiro atoms. The predicted octanol–water partition coefficient (Wildman–Crippen LogP) is 5.78. The van der Waals surface area contributed by atoms with E-state index < -0.39 is 35.2 Å². The van der Waals surface area contributed by atoms with Crippen molar-refractivity contribution in [3.63, 3.8) is 0 Å². The Morgan fingerprint density at radius 3 is 2.17 bits per heavy atom. The molecule has 0 saturated carbocycles. The minimum atomic E-state index is -1.01. The molecule has 2 N–H and O–H groups in total. The lowest BCUT2D eigenvalue weighted by Crippen LogP contribution is -2.60. The van der Waals surface area contributed by atoms with Gasteiger partial charge in [-0.3, -0.25) is 9.59 Å². The maximum Gasteiger partial charge on any atom is 0.408 e. The van der Waals surface area contributed by atoms with Crippen LogP contribution in [-0.2, 0) is 20.7 Å². The van der Waals surface area contributed by atoms with E-state index in [0.29, 0.717) is 24.1 Å². The number of unbranched alkanes of at least 4 members (excludes halogenated alkanes) is 1. The zero-order valence-corrected chi connectivity index (χ0v) is 25.0. The largest absolute Gasteiger partial charge is 0.444 e. The number of terminal acetylenes is 1. The Hall–Kier alpha value is -3.79. The molecule has 2 aromatic carbocycles. The Kier molecular flexibility index (Phi) is 11.8. The third-order valence-corrected chi connectivity index (χ3v) is 6.77. The van der Waals surface area contributed by atoms with E-state index >= 15 is 0 Å². The molecule has 0 aliphatic rings. The van der Waals surface area contributed by atoms with Crippen molar-refractivity contribution in [3.8, 4) is 12.3 Å². The second-order valence-electron chi connectivity index (χ2n) is 11.5. The molecule has 0 radical (unpaired) electrons. The lowest BCUT2D eigenvalue weighted by Gasteiger charge is -2.45. The van der Waals surface area contributed by atoms with Gasteiger partial charge in [-0.1, -0.05) is 74.7 Å². The molecule has 2 atom stereocenters. The monoisotopic (exact) mass is 547 g/mol. The Morgan fingerprint density at radius 2 is 1.60 bits per heavy atom. The van der Waals surface area contributed by atoms with Crippen LogP contribution in [0.25, 0.3) is 0 Å². The summed E-state index contributed by atoms with van der Waals surface area (Å²) in [7, 11) is 0. The SMILES string of the molecule is C#Cc1ccccc1C(C(=O)NCCCC)N(C(=O)C(Cc1ccccc1)NC(=O)OC(C)(C)C)C(C)(C)CC. The number of hydrogen-bond acceptors (Lipinski definition) is 4. The van der Waals surface area contributed by atoms with Crippen LogP contribution in [0.5, 0.6) is 0 Å². The van der Waals surface area contributed by atoms with E-state index in [1.807, 2.05) is 70.2 Å². The van der Waals surface area contributed by atoms with Crippen LogP contribution in [0.15, 0.2) is 54.6 Å². The number of hydrogen-bond donors (Lipinski definition) is 2. The van der Waals surface area contributed by atoms with Crippen molar-refractivity contribution in [3.05, 3.63) is 71.3 Å². The van der Waals surface area contributed by atoms with Crippen LogP contribution in [0.3, 0.4) is 0 Å². The first-order valence-electron chi connectivity index (χ1n) is 14.0. The fourth-order valence-corrected chi connectivity index (χ4v) is 4.36. The molecular weight excluding hydrogens is 502 g/mol. The molecule has 3 amide bonds. The molecule has 7 heteroatoms. The maximum atomic E-state index is 14.6. The van der Waals surface area contributed by atoms with E-state index in [0.717, 1.165) is 18.4 Å². The standard InChI is InChI=1S/C33H45N3O4/c1-9-12-22-34-29(37)28(26-21-17-16-20-25(26)10-2)36(33(7,8)11-3)30(38)27(23-24-18-14-13-15-19-24)35-31(39)40-32(4,5)6/h2,13-21,27-28H,9,11-12,22-23H2,1,3-8H3,(H,34,37)(H,35,39). The minimum absolute atomic E-state index is 0.218. The van der Waals surface area contributed by atoms with Crippen molar-refractivity contribution in [2.75, 3.05) is 6.54 Å². The average molecular weight is 548 g/mol. The molecule has 0 aromatic heterocycles. The number of benzene rings is 2. The van der Waals surface area contributed by atoms with Crippen LogP contribution >= 0.6 is 0 Å². The van der Waals surface area contributed by atoms with E-state index in [1.165, 1.54) is 0 Å². The number of nitrogens with zero attached hydrogens (tertiary/aromatic N) is 1. The highest BCUT2D eigenvalue weighted by molar-refractivity contribution is 5.93. The molecule has 2 unspecified atom stereocenters. The first-order valence-corrected chi connectivity index (χ1v) is 14.0. The third kappa shape index (κ3) is 9.15. The molecule has 0 aliphatic heterocycles. The van der Waals surface area contributed by atoms with Crippen LogP contribution in [0, 0.1) is 12.3 Å². The van der Waals surface area contributed by atoms with Gasteiger partial charge in [0.2, 0.25) is 11.8 Å². The van der Waals surface area contributed by atoms with E-state index in [9.17, 15) is 14.4 Å². The van der Waals surface area contributed by atoms with Gasteiger partial charge in [0.05, 0.1) is 0 Å². The van der Waals surface area contributed by atoms with Crippen molar-refractivity contribution in [1.82, 2.24) is 15.5 Å². The first kappa shape index (κ1) is 32.4. The molecule has 216 valence electrons. The number of nitrogens with one attached hydrogen (secondary N) is 2. The summed E-state index contributed by atoms with van der Waals surface area (Å²) in [6.45, 7) is 13.6. The van der Waals surface area contributed by atoms with Crippen LogP contribution in [0.1, 0.15) is 90.5 Å². The zero-order valence-electron chi connectivity index (χ0n) is 25.0.